The van der Waals surface area contributed by atoms with Crippen molar-refractivity contribution in [1.29, 1.82) is 0 Å². The molecule has 80 valence electrons. The van der Waals surface area contributed by atoms with Gasteiger partial charge in [0, 0.05) is 12.1 Å². The summed E-state index contributed by atoms with van der Waals surface area (Å²) >= 11 is 11.4. The molecule has 15 heavy (non-hydrogen) atoms. The maximum absolute atomic E-state index is 11.6. The largest absolute Gasteiger partial charge is 0.318 e. The van der Waals surface area contributed by atoms with Crippen molar-refractivity contribution in [2.75, 3.05) is 11.9 Å². The number of hydrogen-bond donors (Lipinski definition) is 0. The zero-order valence-corrected chi connectivity index (χ0v) is 9.94. The molecular weight excluding hydrogens is 259 g/mol. The zero-order valence-electron chi connectivity index (χ0n) is 7.61. The molecule has 7 heteroatoms. The summed E-state index contributed by atoms with van der Waals surface area (Å²) in [4.78, 5) is 1.55. The van der Waals surface area contributed by atoms with Crippen LogP contribution in [0.1, 0.15) is 0 Å². The first kappa shape index (κ1) is 10.7. The van der Waals surface area contributed by atoms with E-state index in [-0.39, 0.29) is 10.2 Å². The molecule has 0 unspecified atom stereocenters. The molecule has 4 nitrogen and oxygen atoms in total. The lowest BCUT2D eigenvalue weighted by atomic mass is 10.3. The van der Waals surface area contributed by atoms with Gasteiger partial charge in [-0.2, -0.15) is 8.42 Å². The Balaban J connectivity index is 2.78. The molecule has 0 N–H and O–H groups in total. The highest BCUT2D eigenvalue weighted by molar-refractivity contribution is 7.90. The number of sulfonamides is 1. The van der Waals surface area contributed by atoms with Gasteiger partial charge >= 0.3 is 0 Å². The van der Waals surface area contributed by atoms with E-state index in [9.17, 15) is 8.42 Å². The lowest BCUT2D eigenvalue weighted by Gasteiger charge is -2.23. The number of amidine groups is 1. The first-order valence-corrected chi connectivity index (χ1v) is 6.15. The van der Waals surface area contributed by atoms with Crippen LogP contribution in [0, 0.1) is 0 Å². The summed E-state index contributed by atoms with van der Waals surface area (Å²) in [7, 11) is -2.08. The van der Waals surface area contributed by atoms with Crippen molar-refractivity contribution in [3.63, 3.8) is 0 Å². The molecule has 0 atom stereocenters. The number of fused-ring (bicyclic) bond motifs is 1. The van der Waals surface area contributed by atoms with Crippen molar-refractivity contribution in [1.82, 2.24) is 0 Å². The third kappa shape index (κ3) is 1.71. The first-order valence-electron chi connectivity index (χ1n) is 3.95. The number of benzene rings is 1. The maximum Gasteiger partial charge on any atom is 0.287 e. The molecule has 0 saturated heterocycles. The van der Waals surface area contributed by atoms with E-state index in [4.69, 9.17) is 23.2 Å². The SMILES string of the molecule is CN1C(Cl)=NS(=O)(=O)c2cc(Cl)ccc21. The van der Waals surface area contributed by atoms with Crippen LogP contribution in [0.5, 0.6) is 0 Å². The van der Waals surface area contributed by atoms with Crippen LogP contribution in [0.25, 0.3) is 0 Å². The van der Waals surface area contributed by atoms with Gasteiger partial charge in [0.2, 0.25) is 5.29 Å². The Hall–Kier alpha value is -0.780. The quantitative estimate of drug-likeness (QED) is 0.675. The molecule has 0 amide bonds. The predicted octanol–water partition coefficient (Wildman–Crippen LogP) is 2.07. The van der Waals surface area contributed by atoms with Gasteiger partial charge < -0.3 is 4.90 Å². The second-order valence-corrected chi connectivity index (χ2v) is 5.35. The summed E-state index contributed by atoms with van der Waals surface area (Å²) in [6, 6.07) is 4.55. The van der Waals surface area contributed by atoms with Gasteiger partial charge in [0.25, 0.3) is 10.0 Å². The van der Waals surface area contributed by atoms with Crippen molar-refractivity contribution >= 4 is 44.2 Å². The van der Waals surface area contributed by atoms with Crippen LogP contribution in [-0.2, 0) is 10.0 Å². The molecule has 1 aliphatic heterocycles. The fourth-order valence-corrected chi connectivity index (χ4v) is 3.05. The monoisotopic (exact) mass is 264 g/mol. The normalized spacial score (nSPS) is 18.3. The summed E-state index contributed by atoms with van der Waals surface area (Å²) in [5.74, 6) is 0. The number of anilines is 1. The van der Waals surface area contributed by atoms with E-state index in [1.807, 2.05) is 0 Å². The van der Waals surface area contributed by atoms with Crippen LogP contribution >= 0.6 is 23.2 Å². The Kier molecular flexibility index (Phi) is 2.41. The second kappa shape index (κ2) is 3.37. The van der Waals surface area contributed by atoms with Crippen LogP contribution in [-0.4, -0.2) is 20.8 Å². The number of halogens is 2. The molecule has 1 aromatic rings. The Morgan fingerprint density at radius 1 is 1.33 bits per heavy atom. The fourth-order valence-electron chi connectivity index (χ4n) is 1.28. The Labute approximate surface area is 97.2 Å². The molecule has 0 radical (unpaired) electrons. The molecule has 0 bridgehead atoms. The summed E-state index contributed by atoms with van der Waals surface area (Å²) in [5, 5.41) is 0.267. The number of nitrogens with zero attached hydrogens (tertiary/aromatic N) is 2. The molecule has 0 saturated carbocycles. The van der Waals surface area contributed by atoms with Crippen LogP contribution in [0.3, 0.4) is 0 Å². The summed E-state index contributed by atoms with van der Waals surface area (Å²) in [6.45, 7) is 0. The third-order valence-electron chi connectivity index (χ3n) is 2.03. The molecule has 1 aliphatic rings. The van der Waals surface area contributed by atoms with Crippen molar-refractivity contribution < 1.29 is 8.42 Å². The molecule has 2 rings (SSSR count). The smallest absolute Gasteiger partial charge is 0.287 e. The van der Waals surface area contributed by atoms with Crippen LogP contribution in [0.2, 0.25) is 5.02 Å². The summed E-state index contributed by atoms with van der Waals surface area (Å²) < 4.78 is 26.6. The minimum absolute atomic E-state index is 0.0712. The van der Waals surface area contributed by atoms with Gasteiger partial charge in [-0.3, -0.25) is 0 Å². The van der Waals surface area contributed by atoms with Crippen molar-refractivity contribution in [3.05, 3.63) is 23.2 Å². The van der Waals surface area contributed by atoms with E-state index < -0.39 is 10.0 Å². The predicted molar refractivity (Wildman–Crippen MR) is 60.3 cm³/mol. The third-order valence-corrected chi connectivity index (χ3v) is 4.00. The molecule has 1 aromatic carbocycles. The average Bonchev–Trinajstić information content (AvgIpc) is 2.14. The highest BCUT2D eigenvalue weighted by atomic mass is 35.5. The van der Waals surface area contributed by atoms with Crippen molar-refractivity contribution in [2.45, 2.75) is 4.90 Å². The lowest BCUT2D eigenvalue weighted by Crippen LogP contribution is -2.28. The number of hydrogen-bond acceptors (Lipinski definition) is 3. The standard InChI is InChI=1S/C8H6Cl2N2O2S/c1-12-6-3-2-5(9)4-7(6)15(13,14)11-8(12)10/h2-4H,1H3. The molecule has 0 aromatic heterocycles. The Bertz CT molecular complexity index is 554. The van der Waals surface area contributed by atoms with Crippen molar-refractivity contribution in [2.24, 2.45) is 4.40 Å². The van der Waals surface area contributed by atoms with E-state index in [1.165, 1.54) is 11.0 Å². The minimum atomic E-state index is -3.72. The van der Waals surface area contributed by atoms with Gasteiger partial charge in [-0.05, 0) is 29.8 Å². The summed E-state index contributed by atoms with van der Waals surface area (Å²) in [5.41, 5.74) is 0.472. The van der Waals surface area contributed by atoms with E-state index in [0.717, 1.165) is 0 Å². The molecule has 0 aliphatic carbocycles. The maximum atomic E-state index is 11.6. The lowest BCUT2D eigenvalue weighted by molar-refractivity contribution is 0.597. The van der Waals surface area contributed by atoms with Crippen LogP contribution in [0.15, 0.2) is 27.5 Å². The van der Waals surface area contributed by atoms with Gasteiger partial charge in [0.15, 0.2) is 0 Å². The van der Waals surface area contributed by atoms with Gasteiger partial charge in [0.05, 0.1) is 5.69 Å². The Morgan fingerprint density at radius 3 is 2.67 bits per heavy atom. The minimum Gasteiger partial charge on any atom is -0.318 e. The van der Waals surface area contributed by atoms with E-state index in [0.29, 0.717) is 10.7 Å². The van der Waals surface area contributed by atoms with Crippen molar-refractivity contribution in [3.8, 4) is 0 Å². The summed E-state index contributed by atoms with van der Waals surface area (Å²) in [6.07, 6.45) is 0. The highest BCUT2D eigenvalue weighted by Gasteiger charge is 2.27. The van der Waals surface area contributed by atoms with E-state index in [2.05, 4.69) is 4.40 Å². The van der Waals surface area contributed by atoms with Gasteiger partial charge in [-0.15, -0.1) is 4.40 Å². The molecule has 1 heterocycles. The zero-order chi connectivity index (χ0) is 11.2. The van der Waals surface area contributed by atoms with Crippen LogP contribution < -0.4 is 4.90 Å². The first-order chi connectivity index (χ1) is 6.92. The fraction of sp³-hybridized carbons (Fsp3) is 0.125. The van der Waals surface area contributed by atoms with Gasteiger partial charge in [-0.1, -0.05) is 11.6 Å². The van der Waals surface area contributed by atoms with E-state index in [1.54, 1.807) is 19.2 Å². The van der Waals surface area contributed by atoms with E-state index >= 15 is 0 Å². The second-order valence-electron chi connectivity index (χ2n) is 3.01. The van der Waals surface area contributed by atoms with Gasteiger partial charge in [0.1, 0.15) is 4.90 Å². The topological polar surface area (TPSA) is 49.7 Å². The Morgan fingerprint density at radius 2 is 2.00 bits per heavy atom. The molecule has 0 spiro atoms. The molecular formula is C8H6Cl2N2O2S. The van der Waals surface area contributed by atoms with Gasteiger partial charge in [-0.25, -0.2) is 0 Å². The highest BCUT2D eigenvalue weighted by Crippen LogP contribution is 2.33. The molecule has 0 fully saturated rings. The van der Waals surface area contributed by atoms with Crippen LogP contribution in [0.4, 0.5) is 5.69 Å². The average molecular weight is 265 g/mol. The number of rotatable bonds is 0.